The van der Waals surface area contributed by atoms with Gasteiger partial charge < -0.3 is 9.50 Å². The number of thioether (sulfide) groups is 1. The Hall–Kier alpha value is -2.56. The van der Waals surface area contributed by atoms with Gasteiger partial charge in [0.15, 0.2) is 5.17 Å². The van der Waals surface area contributed by atoms with Crippen molar-refractivity contribution in [2.24, 2.45) is 5.10 Å². The van der Waals surface area contributed by atoms with E-state index in [-0.39, 0.29) is 21.7 Å². The van der Waals surface area contributed by atoms with E-state index in [0.29, 0.717) is 10.6 Å². The molecule has 2 amide bonds. The Morgan fingerprint density at radius 2 is 1.83 bits per heavy atom. The average molecular weight is 468 g/mol. The molecule has 1 N–H and O–H groups in total. The molecule has 158 valence electrons. The van der Waals surface area contributed by atoms with Crippen molar-refractivity contribution in [3.05, 3.63) is 58.6 Å². The van der Waals surface area contributed by atoms with Crippen LogP contribution in [0.25, 0.3) is 0 Å². The minimum Gasteiger partial charge on any atom is -0.379 e. The van der Waals surface area contributed by atoms with Gasteiger partial charge in [-0.25, -0.2) is 5.01 Å². The number of rotatable bonds is 4. The van der Waals surface area contributed by atoms with Gasteiger partial charge in [0.05, 0.1) is 0 Å². The number of amidine groups is 1. The third kappa shape index (κ3) is 4.94. The molecule has 2 aromatic carbocycles. The number of carbonyl (C=O) groups excluding carboxylic acids is 2. The molecule has 0 saturated heterocycles. The van der Waals surface area contributed by atoms with Gasteiger partial charge in [-0.3, -0.25) is 9.59 Å². The number of nitrogens with zero attached hydrogens (tertiary/aromatic N) is 2. The van der Waals surface area contributed by atoms with Crippen molar-refractivity contribution in [2.45, 2.75) is 31.0 Å². The Morgan fingerprint density at radius 1 is 1.17 bits per heavy atom. The highest BCUT2D eigenvalue weighted by Gasteiger charge is 2.35. The van der Waals surface area contributed by atoms with Gasteiger partial charge in [-0.05, 0) is 37.3 Å². The van der Waals surface area contributed by atoms with Crippen molar-refractivity contribution in [3.63, 3.8) is 0 Å². The van der Waals surface area contributed by atoms with E-state index in [9.17, 15) is 18.0 Å². The molecular weight excluding hydrogens is 450 g/mol. The number of aryl methyl sites for hydroxylation is 1. The van der Waals surface area contributed by atoms with E-state index >= 15 is 0 Å². The van der Waals surface area contributed by atoms with E-state index in [1.165, 1.54) is 44.2 Å². The van der Waals surface area contributed by atoms with Crippen molar-refractivity contribution < 1.29 is 22.2 Å². The average Bonchev–Trinajstić information content (AvgIpc) is 3.06. The molecule has 2 aromatic rings. The SMILES string of the molecule is CC(=O)NC1=NN(C(C)=O)[C@H](c2cc(Cl)ccc2OS(=O)(=O)c2ccc(C)cc2)S1. The Morgan fingerprint density at radius 3 is 2.43 bits per heavy atom. The lowest BCUT2D eigenvalue weighted by Gasteiger charge is -2.22. The zero-order valence-electron chi connectivity index (χ0n) is 16.2. The standard InChI is InChI=1S/C19H18ClN3O5S2/c1-11-4-7-15(8-5-11)30(26,27)28-17-9-6-14(20)10-16(17)18-23(13(3)25)22-19(29-18)21-12(2)24/h4-10,18H,1-3H3,(H,21,22,24)/t18-/m0/s1. The van der Waals surface area contributed by atoms with Crippen molar-refractivity contribution >= 4 is 50.5 Å². The molecule has 1 atom stereocenters. The molecule has 8 nitrogen and oxygen atoms in total. The molecule has 0 bridgehead atoms. The van der Waals surface area contributed by atoms with Gasteiger partial charge in [-0.1, -0.05) is 41.1 Å². The summed E-state index contributed by atoms with van der Waals surface area (Å²) in [6.45, 7) is 4.47. The summed E-state index contributed by atoms with van der Waals surface area (Å²) >= 11 is 7.19. The van der Waals surface area contributed by atoms with Gasteiger partial charge in [0.2, 0.25) is 11.8 Å². The summed E-state index contributed by atoms with van der Waals surface area (Å²) < 4.78 is 30.9. The van der Waals surface area contributed by atoms with E-state index in [2.05, 4.69) is 10.4 Å². The fourth-order valence-corrected chi connectivity index (χ4v) is 4.91. The van der Waals surface area contributed by atoms with Crippen LogP contribution in [-0.2, 0) is 19.7 Å². The molecule has 11 heteroatoms. The quantitative estimate of drug-likeness (QED) is 0.691. The number of hydrogen-bond donors (Lipinski definition) is 1. The van der Waals surface area contributed by atoms with Crippen LogP contribution in [-0.4, -0.2) is 30.4 Å². The van der Waals surface area contributed by atoms with Crippen LogP contribution in [0.3, 0.4) is 0 Å². The summed E-state index contributed by atoms with van der Waals surface area (Å²) in [5, 5.41) is 7.52. The lowest BCUT2D eigenvalue weighted by molar-refractivity contribution is -0.129. The van der Waals surface area contributed by atoms with Crippen LogP contribution >= 0.6 is 23.4 Å². The van der Waals surface area contributed by atoms with Crippen molar-refractivity contribution in [1.29, 1.82) is 0 Å². The molecule has 0 saturated carbocycles. The minimum absolute atomic E-state index is 0.00278. The number of amides is 2. The lowest BCUT2D eigenvalue weighted by Crippen LogP contribution is -2.25. The van der Waals surface area contributed by atoms with Gasteiger partial charge in [-0.2, -0.15) is 8.42 Å². The number of benzene rings is 2. The first-order chi connectivity index (χ1) is 14.1. The number of carbonyl (C=O) groups is 2. The maximum atomic E-state index is 12.8. The van der Waals surface area contributed by atoms with Crippen LogP contribution in [0.1, 0.15) is 30.3 Å². The topological polar surface area (TPSA) is 105 Å². The maximum absolute atomic E-state index is 12.8. The Bertz CT molecular complexity index is 1130. The number of halogens is 1. The molecule has 1 aliphatic heterocycles. The molecule has 0 aromatic heterocycles. The van der Waals surface area contributed by atoms with Crippen LogP contribution in [0, 0.1) is 6.92 Å². The van der Waals surface area contributed by atoms with Crippen LogP contribution in [0.2, 0.25) is 5.02 Å². The molecule has 0 fully saturated rings. The monoisotopic (exact) mass is 467 g/mol. The fraction of sp³-hybridized carbons (Fsp3) is 0.211. The molecular formula is C19H18ClN3O5S2. The summed E-state index contributed by atoms with van der Waals surface area (Å²) in [4.78, 5) is 23.5. The predicted molar refractivity (Wildman–Crippen MR) is 115 cm³/mol. The summed E-state index contributed by atoms with van der Waals surface area (Å²) in [5.41, 5.74) is 1.23. The van der Waals surface area contributed by atoms with Gasteiger partial charge in [0, 0.05) is 24.4 Å². The Kier molecular flexibility index (Phi) is 6.39. The normalized spacial score (nSPS) is 16.2. The van der Waals surface area contributed by atoms with Crippen LogP contribution in [0.15, 0.2) is 52.5 Å². The van der Waals surface area contributed by atoms with Gasteiger partial charge >= 0.3 is 10.1 Å². The van der Waals surface area contributed by atoms with E-state index in [0.717, 1.165) is 22.3 Å². The zero-order valence-corrected chi connectivity index (χ0v) is 18.6. The van der Waals surface area contributed by atoms with Crippen molar-refractivity contribution in [3.8, 4) is 5.75 Å². The highest BCUT2D eigenvalue weighted by atomic mass is 35.5. The number of nitrogens with one attached hydrogen (secondary N) is 1. The highest BCUT2D eigenvalue weighted by Crippen LogP contribution is 2.44. The molecule has 30 heavy (non-hydrogen) atoms. The van der Waals surface area contributed by atoms with E-state index in [4.69, 9.17) is 15.8 Å². The summed E-state index contributed by atoms with van der Waals surface area (Å²) in [5.74, 6) is -0.752. The maximum Gasteiger partial charge on any atom is 0.339 e. The number of hydrogen-bond acceptors (Lipinski definition) is 7. The smallest absolute Gasteiger partial charge is 0.339 e. The lowest BCUT2D eigenvalue weighted by atomic mass is 10.2. The largest absolute Gasteiger partial charge is 0.379 e. The molecule has 0 unspecified atom stereocenters. The van der Waals surface area contributed by atoms with E-state index in [1.54, 1.807) is 12.1 Å². The van der Waals surface area contributed by atoms with Crippen molar-refractivity contribution in [2.75, 3.05) is 0 Å². The van der Waals surface area contributed by atoms with Gasteiger partial charge in [0.25, 0.3) is 0 Å². The Balaban J connectivity index is 1.98. The molecule has 1 aliphatic rings. The third-order valence-corrected chi connectivity index (χ3v) is 6.56. The second kappa shape index (κ2) is 8.66. The summed E-state index contributed by atoms with van der Waals surface area (Å²) in [7, 11) is -4.13. The second-order valence-electron chi connectivity index (χ2n) is 6.45. The predicted octanol–water partition coefficient (Wildman–Crippen LogP) is 3.42. The van der Waals surface area contributed by atoms with Gasteiger partial charge in [-0.15, -0.1) is 5.10 Å². The summed E-state index contributed by atoms with van der Waals surface area (Å²) in [6.07, 6.45) is 0. The van der Waals surface area contributed by atoms with Crippen LogP contribution < -0.4 is 9.50 Å². The molecule has 0 aliphatic carbocycles. The first kappa shape index (κ1) is 22.1. The highest BCUT2D eigenvalue weighted by molar-refractivity contribution is 8.14. The summed E-state index contributed by atoms with van der Waals surface area (Å²) in [6, 6.07) is 10.6. The molecule has 1 heterocycles. The van der Waals surface area contributed by atoms with Crippen LogP contribution in [0.4, 0.5) is 0 Å². The molecule has 3 rings (SSSR count). The van der Waals surface area contributed by atoms with E-state index < -0.39 is 21.4 Å². The first-order valence-corrected chi connectivity index (χ1v) is 11.4. The zero-order chi connectivity index (χ0) is 22.1. The minimum atomic E-state index is -4.13. The van der Waals surface area contributed by atoms with E-state index in [1.807, 2.05) is 6.92 Å². The van der Waals surface area contributed by atoms with Gasteiger partial charge in [0.1, 0.15) is 16.0 Å². The number of hydrazone groups is 1. The molecule has 0 spiro atoms. The fourth-order valence-electron chi connectivity index (χ4n) is 2.62. The second-order valence-corrected chi connectivity index (χ2v) is 9.50. The Labute approximate surface area is 183 Å². The first-order valence-electron chi connectivity index (χ1n) is 8.70. The van der Waals surface area contributed by atoms with Crippen LogP contribution in [0.5, 0.6) is 5.75 Å². The third-order valence-electron chi connectivity index (χ3n) is 4.00. The van der Waals surface area contributed by atoms with Crippen molar-refractivity contribution in [1.82, 2.24) is 10.3 Å². The molecule has 0 radical (unpaired) electrons.